The highest BCUT2D eigenvalue weighted by Crippen LogP contribution is 2.33. The predicted octanol–water partition coefficient (Wildman–Crippen LogP) is 3.52. The lowest BCUT2D eigenvalue weighted by atomic mass is 9.98. The fraction of sp³-hybridized carbons (Fsp3) is 0.160. The zero-order chi connectivity index (χ0) is 23.4. The molecule has 4 rings (SSSR count). The van der Waals surface area contributed by atoms with Crippen molar-refractivity contribution < 1.29 is 24.2 Å². The molecule has 0 saturated heterocycles. The molecule has 3 N–H and O–H groups in total. The van der Waals surface area contributed by atoms with Crippen LogP contribution in [0.25, 0.3) is 0 Å². The van der Waals surface area contributed by atoms with E-state index in [2.05, 4.69) is 5.10 Å². The molecule has 1 atom stereocenters. The Bertz CT molecular complexity index is 1190. The smallest absolute Gasteiger partial charge is 0.340 e. The van der Waals surface area contributed by atoms with Crippen molar-refractivity contribution in [1.29, 1.82) is 0 Å². The third-order valence-corrected chi connectivity index (χ3v) is 5.36. The second kappa shape index (κ2) is 9.44. The summed E-state index contributed by atoms with van der Waals surface area (Å²) in [6.07, 6.45) is 0.509. The van der Waals surface area contributed by atoms with Crippen LogP contribution in [0.4, 0.5) is 5.69 Å². The third-order valence-electron chi connectivity index (χ3n) is 5.36. The number of nitrogens with zero attached hydrogens (tertiary/aromatic N) is 2. The molecule has 0 aliphatic carbocycles. The van der Waals surface area contributed by atoms with Gasteiger partial charge in [-0.2, -0.15) is 5.10 Å². The van der Waals surface area contributed by atoms with E-state index >= 15 is 0 Å². The van der Waals surface area contributed by atoms with Crippen LogP contribution in [-0.4, -0.2) is 41.4 Å². The summed E-state index contributed by atoms with van der Waals surface area (Å²) in [6.45, 7) is -0.522. The number of anilines is 1. The number of rotatable bonds is 6. The Morgan fingerprint density at radius 1 is 1.09 bits per heavy atom. The Morgan fingerprint density at radius 2 is 1.82 bits per heavy atom. The van der Waals surface area contributed by atoms with Crippen molar-refractivity contribution in [1.82, 2.24) is 5.01 Å². The van der Waals surface area contributed by atoms with Crippen molar-refractivity contribution in [3.63, 3.8) is 0 Å². The van der Waals surface area contributed by atoms with Crippen LogP contribution in [0.15, 0.2) is 77.9 Å². The number of nitrogens with two attached hydrogens (primary N) is 1. The minimum absolute atomic E-state index is 0.00981. The molecule has 0 radical (unpaired) electrons. The van der Waals surface area contributed by atoms with Crippen molar-refractivity contribution in [3.8, 4) is 11.5 Å². The Hall–Kier alpha value is -4.33. The number of ether oxygens (including phenoxy) is 2. The Morgan fingerprint density at radius 3 is 2.52 bits per heavy atom. The number of phenols is 1. The summed E-state index contributed by atoms with van der Waals surface area (Å²) in [6, 6.07) is 20.6. The van der Waals surface area contributed by atoms with E-state index in [0.29, 0.717) is 12.2 Å². The van der Waals surface area contributed by atoms with Gasteiger partial charge in [0.05, 0.1) is 24.4 Å². The van der Waals surface area contributed by atoms with Crippen LogP contribution < -0.4 is 10.5 Å². The van der Waals surface area contributed by atoms with Crippen LogP contribution >= 0.6 is 0 Å². The first kappa shape index (κ1) is 21.9. The van der Waals surface area contributed by atoms with E-state index in [1.165, 1.54) is 23.2 Å². The van der Waals surface area contributed by atoms with E-state index in [-0.39, 0.29) is 23.0 Å². The molecule has 1 heterocycles. The van der Waals surface area contributed by atoms with Crippen molar-refractivity contribution >= 4 is 23.3 Å². The van der Waals surface area contributed by atoms with E-state index in [1.807, 2.05) is 54.6 Å². The minimum Gasteiger partial charge on any atom is -0.508 e. The first-order valence-corrected chi connectivity index (χ1v) is 10.3. The number of esters is 1. The molecule has 168 valence electrons. The van der Waals surface area contributed by atoms with Gasteiger partial charge in [0.15, 0.2) is 6.61 Å². The summed E-state index contributed by atoms with van der Waals surface area (Å²) in [5.74, 6) is -0.701. The fourth-order valence-corrected chi connectivity index (χ4v) is 3.62. The van der Waals surface area contributed by atoms with Crippen LogP contribution in [0.5, 0.6) is 11.5 Å². The molecule has 8 heteroatoms. The van der Waals surface area contributed by atoms with Crippen LogP contribution in [0.2, 0.25) is 0 Å². The SMILES string of the molecule is COc1ccc(C2CC(c3ccccc3)=NN2C(=O)COC(=O)c2cc(O)ccc2N)cc1. The van der Waals surface area contributed by atoms with Gasteiger partial charge in [-0.05, 0) is 41.5 Å². The largest absolute Gasteiger partial charge is 0.508 e. The van der Waals surface area contributed by atoms with E-state index in [4.69, 9.17) is 15.2 Å². The molecule has 1 aliphatic heterocycles. The van der Waals surface area contributed by atoms with Crippen LogP contribution in [0, 0.1) is 0 Å². The highest BCUT2D eigenvalue weighted by Gasteiger charge is 2.33. The van der Waals surface area contributed by atoms with Gasteiger partial charge in [-0.1, -0.05) is 42.5 Å². The molecule has 0 saturated carbocycles. The van der Waals surface area contributed by atoms with Gasteiger partial charge in [0.2, 0.25) is 0 Å². The fourth-order valence-electron chi connectivity index (χ4n) is 3.62. The van der Waals surface area contributed by atoms with Crippen molar-refractivity contribution in [2.45, 2.75) is 12.5 Å². The summed E-state index contributed by atoms with van der Waals surface area (Å²) in [4.78, 5) is 25.5. The van der Waals surface area contributed by atoms with Crippen LogP contribution in [0.1, 0.15) is 33.9 Å². The minimum atomic E-state index is -0.802. The zero-order valence-electron chi connectivity index (χ0n) is 18.0. The zero-order valence-corrected chi connectivity index (χ0v) is 18.0. The van der Waals surface area contributed by atoms with Gasteiger partial charge in [-0.3, -0.25) is 4.79 Å². The maximum atomic E-state index is 13.1. The Kier molecular flexibility index (Phi) is 6.26. The number of carbonyl (C=O) groups excluding carboxylic acids is 2. The van der Waals surface area contributed by atoms with E-state index in [0.717, 1.165) is 16.8 Å². The summed E-state index contributed by atoms with van der Waals surface area (Å²) in [5.41, 5.74) is 8.47. The molecular formula is C25H23N3O5. The second-order valence-corrected chi connectivity index (χ2v) is 7.49. The van der Waals surface area contributed by atoms with Crippen LogP contribution in [-0.2, 0) is 9.53 Å². The van der Waals surface area contributed by atoms with E-state index in [1.54, 1.807) is 7.11 Å². The molecule has 1 aliphatic rings. The number of hydrogen-bond donors (Lipinski definition) is 2. The summed E-state index contributed by atoms with van der Waals surface area (Å²) >= 11 is 0. The van der Waals surface area contributed by atoms with Crippen molar-refractivity contribution in [2.24, 2.45) is 5.10 Å². The molecule has 3 aromatic rings. The summed E-state index contributed by atoms with van der Waals surface area (Å²) in [5, 5.41) is 15.5. The number of carbonyl (C=O) groups is 2. The maximum Gasteiger partial charge on any atom is 0.340 e. The molecule has 0 aromatic heterocycles. The number of hydrogen-bond acceptors (Lipinski definition) is 7. The van der Waals surface area contributed by atoms with Crippen molar-refractivity contribution in [2.75, 3.05) is 19.5 Å². The first-order chi connectivity index (χ1) is 16.0. The number of benzene rings is 3. The molecule has 8 nitrogen and oxygen atoms in total. The molecule has 0 fully saturated rings. The quantitative estimate of drug-likeness (QED) is 0.341. The number of nitrogen functional groups attached to an aromatic ring is 1. The number of hydrazone groups is 1. The highest BCUT2D eigenvalue weighted by molar-refractivity contribution is 6.03. The molecule has 1 unspecified atom stereocenters. The summed E-state index contributed by atoms with van der Waals surface area (Å²) < 4.78 is 10.4. The maximum absolute atomic E-state index is 13.1. The number of methoxy groups -OCH3 is 1. The monoisotopic (exact) mass is 445 g/mol. The van der Waals surface area contributed by atoms with Crippen molar-refractivity contribution in [3.05, 3.63) is 89.5 Å². The first-order valence-electron chi connectivity index (χ1n) is 10.3. The van der Waals surface area contributed by atoms with Gasteiger partial charge >= 0.3 is 5.97 Å². The van der Waals surface area contributed by atoms with Gasteiger partial charge in [0.25, 0.3) is 5.91 Å². The molecule has 0 spiro atoms. The number of aromatic hydroxyl groups is 1. The number of phenolic OH excluding ortho intramolecular Hbond substituents is 1. The highest BCUT2D eigenvalue weighted by atomic mass is 16.5. The van der Waals surface area contributed by atoms with Gasteiger partial charge < -0.3 is 20.3 Å². The predicted molar refractivity (Wildman–Crippen MR) is 123 cm³/mol. The van der Waals surface area contributed by atoms with Crippen LogP contribution in [0.3, 0.4) is 0 Å². The molecule has 0 bridgehead atoms. The Balaban J connectivity index is 1.55. The van der Waals surface area contributed by atoms with Gasteiger partial charge in [-0.15, -0.1) is 0 Å². The number of amides is 1. The van der Waals surface area contributed by atoms with Gasteiger partial charge in [0.1, 0.15) is 11.5 Å². The summed E-state index contributed by atoms with van der Waals surface area (Å²) in [7, 11) is 1.59. The lowest BCUT2D eigenvalue weighted by Gasteiger charge is -2.22. The average Bonchev–Trinajstić information content (AvgIpc) is 3.30. The molecule has 3 aromatic carbocycles. The van der Waals surface area contributed by atoms with E-state index in [9.17, 15) is 14.7 Å². The third kappa shape index (κ3) is 4.79. The van der Waals surface area contributed by atoms with Gasteiger partial charge in [-0.25, -0.2) is 9.80 Å². The second-order valence-electron chi connectivity index (χ2n) is 7.49. The van der Waals surface area contributed by atoms with Gasteiger partial charge in [0, 0.05) is 12.1 Å². The average molecular weight is 445 g/mol. The topological polar surface area (TPSA) is 114 Å². The lowest BCUT2D eigenvalue weighted by Crippen LogP contribution is -2.31. The molecule has 1 amide bonds. The lowest BCUT2D eigenvalue weighted by molar-refractivity contribution is -0.136. The molecular weight excluding hydrogens is 422 g/mol. The standard InChI is InChI=1S/C25H23N3O5/c1-32-19-10-7-17(8-11-19)23-14-22(16-5-3-2-4-6-16)27-28(23)24(30)15-33-25(31)20-13-18(29)9-12-21(20)26/h2-13,23,29H,14-15,26H2,1H3. The normalized spacial score (nSPS) is 15.1. The molecule has 33 heavy (non-hydrogen) atoms. The van der Waals surface area contributed by atoms with E-state index < -0.39 is 18.5 Å². The Labute approximate surface area is 190 Å².